The minimum atomic E-state index is -0.662. The molecular weight excluding hydrogens is 328 g/mol. The van der Waals surface area contributed by atoms with Crippen molar-refractivity contribution in [3.05, 3.63) is 102 Å². The lowest BCUT2D eigenvalue weighted by atomic mass is 10.2. The Bertz CT molecular complexity index is 875. The van der Waals surface area contributed by atoms with Gasteiger partial charge in [-0.1, -0.05) is 36.4 Å². The highest BCUT2D eigenvalue weighted by molar-refractivity contribution is 5.98. The zero-order valence-corrected chi connectivity index (χ0v) is 13.8. The molecule has 0 fully saturated rings. The number of aromatic nitrogens is 2. The highest BCUT2D eigenvalue weighted by Crippen LogP contribution is 2.31. The van der Waals surface area contributed by atoms with Gasteiger partial charge in [0.2, 0.25) is 0 Å². The van der Waals surface area contributed by atoms with Gasteiger partial charge in [-0.05, 0) is 24.3 Å². The van der Waals surface area contributed by atoms with Crippen LogP contribution >= 0.6 is 0 Å². The summed E-state index contributed by atoms with van der Waals surface area (Å²) >= 11 is 0. The lowest BCUT2D eigenvalue weighted by Crippen LogP contribution is -2.38. The third-order valence-electron chi connectivity index (χ3n) is 4.19. The third kappa shape index (κ3) is 2.77. The van der Waals surface area contributed by atoms with Gasteiger partial charge in [0.1, 0.15) is 0 Å². The second-order valence-electron chi connectivity index (χ2n) is 5.80. The average Bonchev–Trinajstić information content (AvgIpc) is 3.37. The Balaban J connectivity index is 1.70. The summed E-state index contributed by atoms with van der Waals surface area (Å²) in [6.07, 6.45) is 5.84. The van der Waals surface area contributed by atoms with E-state index in [9.17, 15) is 9.59 Å². The normalized spacial score (nSPS) is 14.0. The quantitative estimate of drug-likeness (QED) is 0.793. The van der Waals surface area contributed by atoms with E-state index >= 15 is 0 Å². The topological polar surface area (TPSA) is 69.3 Å². The van der Waals surface area contributed by atoms with E-state index in [-0.39, 0.29) is 11.8 Å². The molecule has 1 aliphatic rings. The first-order valence-electron chi connectivity index (χ1n) is 8.19. The second-order valence-corrected chi connectivity index (χ2v) is 5.80. The van der Waals surface area contributed by atoms with Crippen LogP contribution in [0.3, 0.4) is 0 Å². The number of imidazole rings is 1. The zero-order valence-electron chi connectivity index (χ0n) is 13.8. The molecule has 6 nitrogen and oxygen atoms in total. The summed E-state index contributed by atoms with van der Waals surface area (Å²) in [6.45, 7) is 0. The van der Waals surface area contributed by atoms with E-state index in [1.54, 1.807) is 49.1 Å². The van der Waals surface area contributed by atoms with Gasteiger partial charge in [-0.3, -0.25) is 19.4 Å². The van der Waals surface area contributed by atoms with Crippen molar-refractivity contribution in [3.63, 3.8) is 0 Å². The van der Waals surface area contributed by atoms with Gasteiger partial charge in [-0.15, -0.1) is 0 Å². The Labute approximate surface area is 150 Å². The number of carbonyl (C=O) groups excluding carboxylic acids is 2. The van der Waals surface area contributed by atoms with E-state index in [2.05, 4.69) is 9.97 Å². The van der Waals surface area contributed by atoms with E-state index in [0.717, 1.165) is 0 Å². The Hall–Kier alpha value is -3.67. The van der Waals surface area contributed by atoms with Crippen LogP contribution in [-0.4, -0.2) is 31.6 Å². The van der Waals surface area contributed by atoms with Crippen LogP contribution in [-0.2, 0) is 0 Å². The number of hydrogen-bond acceptors (Lipinski definition) is 3. The van der Waals surface area contributed by atoms with Gasteiger partial charge in [-0.25, -0.2) is 4.98 Å². The van der Waals surface area contributed by atoms with Crippen molar-refractivity contribution >= 4 is 11.8 Å². The van der Waals surface area contributed by atoms with Crippen LogP contribution < -0.4 is 0 Å². The molecule has 1 N–H and O–H groups in total. The lowest BCUT2D eigenvalue weighted by Gasteiger charge is -2.28. The monoisotopic (exact) mass is 344 g/mol. The molecule has 4 rings (SSSR count). The number of H-pyrrole nitrogens is 1. The van der Waals surface area contributed by atoms with Crippen LogP contribution in [0.15, 0.2) is 85.5 Å². The maximum Gasteiger partial charge on any atom is 0.259 e. The highest BCUT2D eigenvalue weighted by Gasteiger charge is 2.37. The molecule has 0 spiro atoms. The van der Waals surface area contributed by atoms with E-state index in [1.165, 1.54) is 9.80 Å². The standard InChI is InChI=1S/C20H16N4O2/c25-19(15-7-3-1-4-8-15)23-13-14-24(18(23)17-21-11-12-22-17)20(26)16-9-5-2-6-10-16/h1-14,18H,(H,21,22). The first kappa shape index (κ1) is 15.8. The molecule has 2 heterocycles. The fourth-order valence-electron chi connectivity index (χ4n) is 2.94. The molecule has 0 saturated heterocycles. The summed E-state index contributed by atoms with van der Waals surface area (Å²) < 4.78 is 0. The van der Waals surface area contributed by atoms with Crippen molar-refractivity contribution in [2.75, 3.05) is 0 Å². The van der Waals surface area contributed by atoms with Crippen LogP contribution in [0.25, 0.3) is 0 Å². The van der Waals surface area contributed by atoms with Crippen molar-refractivity contribution in [1.82, 2.24) is 19.8 Å². The molecule has 2 amide bonds. The fraction of sp³-hybridized carbons (Fsp3) is 0.0500. The van der Waals surface area contributed by atoms with E-state index in [0.29, 0.717) is 17.0 Å². The summed E-state index contributed by atoms with van der Waals surface area (Å²) in [7, 11) is 0. The Morgan fingerprint density at radius 1 is 0.808 bits per heavy atom. The van der Waals surface area contributed by atoms with Crippen molar-refractivity contribution < 1.29 is 9.59 Å². The van der Waals surface area contributed by atoms with Crippen LogP contribution in [0.1, 0.15) is 32.7 Å². The Morgan fingerprint density at radius 2 is 1.31 bits per heavy atom. The number of carbonyl (C=O) groups is 2. The number of amides is 2. The first-order chi connectivity index (χ1) is 12.8. The molecular formula is C20H16N4O2. The van der Waals surface area contributed by atoms with Gasteiger partial charge < -0.3 is 4.98 Å². The summed E-state index contributed by atoms with van der Waals surface area (Å²) in [5, 5.41) is 0. The van der Waals surface area contributed by atoms with Crippen molar-refractivity contribution in [1.29, 1.82) is 0 Å². The number of aromatic amines is 1. The summed E-state index contributed by atoms with van der Waals surface area (Å²) in [4.78, 5) is 36.2. The van der Waals surface area contributed by atoms with Gasteiger partial charge in [0.05, 0.1) is 0 Å². The average molecular weight is 344 g/mol. The van der Waals surface area contributed by atoms with Crippen LogP contribution in [0.5, 0.6) is 0 Å². The van der Waals surface area contributed by atoms with Gasteiger partial charge in [0.15, 0.2) is 12.0 Å². The van der Waals surface area contributed by atoms with E-state index in [1.807, 2.05) is 36.4 Å². The Morgan fingerprint density at radius 3 is 1.73 bits per heavy atom. The first-order valence-corrected chi connectivity index (χ1v) is 8.19. The molecule has 2 aromatic carbocycles. The van der Waals surface area contributed by atoms with Gasteiger partial charge in [0, 0.05) is 35.9 Å². The molecule has 0 unspecified atom stereocenters. The van der Waals surface area contributed by atoms with Crippen molar-refractivity contribution in [2.24, 2.45) is 0 Å². The number of benzene rings is 2. The van der Waals surface area contributed by atoms with Crippen LogP contribution in [0.2, 0.25) is 0 Å². The largest absolute Gasteiger partial charge is 0.345 e. The molecule has 26 heavy (non-hydrogen) atoms. The van der Waals surface area contributed by atoms with Gasteiger partial charge in [-0.2, -0.15) is 0 Å². The SMILES string of the molecule is O=C(c1ccccc1)N1C=CN(C(=O)c2ccccc2)C1c1ncc[nH]1. The Kier molecular flexibility index (Phi) is 4.07. The number of rotatable bonds is 3. The summed E-state index contributed by atoms with van der Waals surface area (Å²) in [5.41, 5.74) is 1.09. The molecule has 1 aliphatic heterocycles. The lowest BCUT2D eigenvalue weighted by molar-refractivity contribution is 0.0566. The maximum absolute atomic E-state index is 13.0. The van der Waals surface area contributed by atoms with Gasteiger partial charge >= 0.3 is 0 Å². The molecule has 0 radical (unpaired) electrons. The number of nitrogens with one attached hydrogen (secondary N) is 1. The molecule has 0 saturated carbocycles. The van der Waals surface area contributed by atoms with E-state index in [4.69, 9.17) is 0 Å². The van der Waals surface area contributed by atoms with Crippen LogP contribution in [0.4, 0.5) is 0 Å². The summed E-state index contributed by atoms with van der Waals surface area (Å²) in [5.74, 6) is 0.113. The maximum atomic E-state index is 13.0. The molecule has 128 valence electrons. The van der Waals surface area contributed by atoms with Crippen molar-refractivity contribution in [2.45, 2.75) is 6.17 Å². The molecule has 0 atom stereocenters. The predicted molar refractivity (Wildman–Crippen MR) is 95.7 cm³/mol. The third-order valence-corrected chi connectivity index (χ3v) is 4.19. The number of hydrogen-bond donors (Lipinski definition) is 1. The highest BCUT2D eigenvalue weighted by atomic mass is 16.2. The van der Waals surface area contributed by atoms with Crippen molar-refractivity contribution in [3.8, 4) is 0 Å². The van der Waals surface area contributed by atoms with Crippen LogP contribution in [0, 0.1) is 0 Å². The molecule has 0 bridgehead atoms. The zero-order chi connectivity index (χ0) is 17.9. The minimum Gasteiger partial charge on any atom is -0.345 e. The number of nitrogens with zero attached hydrogens (tertiary/aromatic N) is 3. The molecule has 0 aliphatic carbocycles. The smallest absolute Gasteiger partial charge is 0.259 e. The molecule has 3 aromatic rings. The molecule has 1 aromatic heterocycles. The summed E-state index contributed by atoms with van der Waals surface area (Å²) in [6, 6.07) is 17.9. The second kappa shape index (κ2) is 6.68. The van der Waals surface area contributed by atoms with E-state index < -0.39 is 6.17 Å². The predicted octanol–water partition coefficient (Wildman–Crippen LogP) is 3.18. The fourth-order valence-corrected chi connectivity index (χ4v) is 2.94. The molecule has 6 heteroatoms. The minimum absolute atomic E-state index is 0.202. The van der Waals surface area contributed by atoms with Gasteiger partial charge in [0.25, 0.3) is 11.8 Å².